The standard InChI is InChI=1S/C27H35NO4S2Si/c1-19-13-15-21(16-14-19)34(31,32)28-17-22-25(23(18-28)33(29,30)27(2,3)4)24(26(22)35(5,6)7)20-11-9-8-10-12-20/h8-16,24H,17-18H2,1-7H3. The molecule has 5 nitrogen and oxygen atoms in total. The zero-order valence-corrected chi connectivity index (χ0v) is 24.2. The number of rotatable bonds is 5. The van der Waals surface area contributed by atoms with E-state index in [0.717, 1.165) is 22.3 Å². The Morgan fingerprint density at radius 1 is 0.857 bits per heavy atom. The number of fused-ring (bicyclic) bond motifs is 1. The summed E-state index contributed by atoms with van der Waals surface area (Å²) in [5, 5.41) is 1.24. The summed E-state index contributed by atoms with van der Waals surface area (Å²) in [6, 6.07) is 16.7. The Hall–Kier alpha value is -2.00. The number of hydrogen-bond acceptors (Lipinski definition) is 4. The molecule has 1 heterocycles. The Balaban J connectivity index is 1.97. The molecule has 8 heteroatoms. The molecule has 1 atom stereocenters. The van der Waals surface area contributed by atoms with E-state index in [-0.39, 0.29) is 28.8 Å². The van der Waals surface area contributed by atoms with E-state index in [2.05, 4.69) is 19.6 Å². The largest absolute Gasteiger partial charge is 0.243 e. The van der Waals surface area contributed by atoms with Crippen molar-refractivity contribution in [2.75, 3.05) is 13.1 Å². The minimum atomic E-state index is -3.87. The third-order valence-corrected chi connectivity index (χ3v) is 13.5. The lowest BCUT2D eigenvalue weighted by Gasteiger charge is -2.49. The Morgan fingerprint density at radius 2 is 1.43 bits per heavy atom. The first kappa shape index (κ1) is 26.1. The Labute approximate surface area is 211 Å². The van der Waals surface area contributed by atoms with Gasteiger partial charge in [-0.05, 0) is 56.5 Å². The fourth-order valence-electron chi connectivity index (χ4n) is 5.03. The number of hydrogen-bond donors (Lipinski definition) is 0. The molecule has 4 rings (SSSR count). The fourth-order valence-corrected chi connectivity index (χ4v) is 10.4. The second kappa shape index (κ2) is 8.54. The van der Waals surface area contributed by atoms with Crippen LogP contribution >= 0.6 is 0 Å². The minimum absolute atomic E-state index is 0.103. The molecule has 1 aliphatic carbocycles. The molecule has 2 aliphatic rings. The highest BCUT2D eigenvalue weighted by Crippen LogP contribution is 2.55. The summed E-state index contributed by atoms with van der Waals surface area (Å²) in [4.78, 5) is 0.436. The Kier molecular flexibility index (Phi) is 6.36. The summed E-state index contributed by atoms with van der Waals surface area (Å²) in [6.45, 7) is 13.7. The Bertz CT molecular complexity index is 1430. The normalized spacial score (nSPS) is 20.0. The van der Waals surface area contributed by atoms with Crippen LogP contribution in [0.1, 0.15) is 37.8 Å². The van der Waals surface area contributed by atoms with Crippen LogP contribution in [0.5, 0.6) is 0 Å². The molecule has 0 radical (unpaired) electrons. The number of nitrogens with zero attached hydrogens (tertiary/aromatic N) is 1. The summed E-state index contributed by atoms with van der Waals surface area (Å²) < 4.78 is 55.5. The monoisotopic (exact) mass is 529 g/mol. The maximum Gasteiger partial charge on any atom is 0.243 e. The van der Waals surface area contributed by atoms with Crippen molar-refractivity contribution < 1.29 is 16.8 Å². The average molecular weight is 530 g/mol. The van der Waals surface area contributed by atoms with Crippen molar-refractivity contribution in [1.82, 2.24) is 4.31 Å². The molecule has 35 heavy (non-hydrogen) atoms. The van der Waals surface area contributed by atoms with Gasteiger partial charge in [0.25, 0.3) is 0 Å². The van der Waals surface area contributed by atoms with Gasteiger partial charge < -0.3 is 0 Å². The van der Waals surface area contributed by atoms with E-state index in [1.807, 2.05) is 37.3 Å². The van der Waals surface area contributed by atoms with Gasteiger partial charge in [-0.15, -0.1) is 0 Å². The van der Waals surface area contributed by atoms with Gasteiger partial charge in [0, 0.05) is 12.5 Å². The minimum Gasteiger partial charge on any atom is -0.223 e. The molecule has 0 bridgehead atoms. The highest BCUT2D eigenvalue weighted by atomic mass is 32.2. The van der Waals surface area contributed by atoms with E-state index >= 15 is 0 Å². The first-order valence-corrected chi connectivity index (χ1v) is 18.3. The zero-order valence-electron chi connectivity index (χ0n) is 21.6. The van der Waals surface area contributed by atoms with Crippen molar-refractivity contribution in [2.45, 2.75) is 62.9 Å². The summed E-state index contributed by atoms with van der Waals surface area (Å²) in [6.07, 6.45) is 0. The van der Waals surface area contributed by atoms with Crippen LogP contribution in [0.2, 0.25) is 19.6 Å². The van der Waals surface area contributed by atoms with Crippen molar-refractivity contribution in [3.05, 3.63) is 87.0 Å². The lowest BCUT2D eigenvalue weighted by Crippen LogP contribution is -2.49. The van der Waals surface area contributed by atoms with Gasteiger partial charge in [-0.1, -0.05) is 72.9 Å². The van der Waals surface area contributed by atoms with E-state index in [4.69, 9.17) is 0 Å². The molecule has 0 saturated heterocycles. The fraction of sp³-hybridized carbons (Fsp3) is 0.407. The van der Waals surface area contributed by atoms with Crippen LogP contribution in [0.4, 0.5) is 0 Å². The lowest BCUT2D eigenvalue weighted by molar-refractivity contribution is 0.443. The molecule has 1 unspecified atom stereocenters. The summed E-state index contributed by atoms with van der Waals surface area (Å²) in [5.74, 6) is -0.103. The smallest absolute Gasteiger partial charge is 0.223 e. The molecule has 0 saturated carbocycles. The van der Waals surface area contributed by atoms with E-state index in [0.29, 0.717) is 0 Å². The SMILES string of the molecule is Cc1ccc(S(=O)(=O)N2CC3=C([Si](C)(C)C)C(c4ccccc4)C3=C(S(=O)(=O)C(C)(C)C)C2)cc1. The van der Waals surface area contributed by atoms with E-state index < -0.39 is 32.7 Å². The number of aryl methyl sites for hydroxylation is 1. The lowest BCUT2D eigenvalue weighted by atomic mass is 9.74. The molecule has 2 aromatic rings. The number of sulfonamides is 1. The Morgan fingerprint density at radius 3 is 1.94 bits per heavy atom. The van der Waals surface area contributed by atoms with Crippen LogP contribution in [-0.2, 0) is 19.9 Å². The molecule has 188 valence electrons. The van der Waals surface area contributed by atoms with Gasteiger partial charge in [0.15, 0.2) is 9.84 Å². The molecule has 0 fully saturated rings. The highest BCUT2D eigenvalue weighted by molar-refractivity contribution is 7.96. The average Bonchev–Trinajstić information content (AvgIpc) is 2.73. The van der Waals surface area contributed by atoms with Gasteiger partial charge in [-0.3, -0.25) is 0 Å². The summed E-state index contributed by atoms with van der Waals surface area (Å²) in [5.41, 5.74) is 3.76. The van der Waals surface area contributed by atoms with Crippen molar-refractivity contribution in [3.8, 4) is 0 Å². The highest BCUT2D eigenvalue weighted by Gasteiger charge is 2.51. The molecule has 0 amide bonds. The number of allylic oxidation sites excluding steroid dienone is 1. The molecule has 1 aliphatic heterocycles. The van der Waals surface area contributed by atoms with Gasteiger partial charge in [0.2, 0.25) is 10.0 Å². The van der Waals surface area contributed by atoms with Gasteiger partial charge in [0.05, 0.1) is 29.2 Å². The van der Waals surface area contributed by atoms with Gasteiger partial charge in [-0.2, -0.15) is 4.31 Å². The predicted octanol–water partition coefficient (Wildman–Crippen LogP) is 5.44. The molecule has 0 aromatic heterocycles. The summed E-state index contributed by atoms with van der Waals surface area (Å²) in [7, 11) is -9.55. The van der Waals surface area contributed by atoms with Crippen molar-refractivity contribution in [1.29, 1.82) is 0 Å². The van der Waals surface area contributed by atoms with E-state index in [1.54, 1.807) is 45.0 Å². The van der Waals surface area contributed by atoms with Crippen molar-refractivity contribution >= 4 is 27.9 Å². The molecule has 0 N–H and O–H groups in total. The number of sulfone groups is 1. The van der Waals surface area contributed by atoms with Crippen LogP contribution < -0.4 is 0 Å². The van der Waals surface area contributed by atoms with Crippen LogP contribution in [0, 0.1) is 6.92 Å². The quantitative estimate of drug-likeness (QED) is 0.484. The molecule has 0 spiro atoms. The van der Waals surface area contributed by atoms with Gasteiger partial charge >= 0.3 is 0 Å². The maximum atomic E-state index is 13.9. The first-order valence-electron chi connectivity index (χ1n) is 11.9. The first-order chi connectivity index (χ1) is 16.1. The topological polar surface area (TPSA) is 71.5 Å². The third-order valence-electron chi connectivity index (χ3n) is 6.91. The second-order valence-electron chi connectivity index (χ2n) is 11.5. The van der Waals surface area contributed by atoms with Gasteiger partial charge in [0.1, 0.15) is 0 Å². The van der Waals surface area contributed by atoms with Gasteiger partial charge in [-0.25, -0.2) is 16.8 Å². The number of benzene rings is 2. The van der Waals surface area contributed by atoms with Crippen molar-refractivity contribution in [2.24, 2.45) is 0 Å². The molecular formula is C27H35NO4S2Si. The van der Waals surface area contributed by atoms with E-state index in [9.17, 15) is 16.8 Å². The summed E-state index contributed by atoms with van der Waals surface area (Å²) >= 11 is 0. The zero-order chi connectivity index (χ0) is 26.0. The molecular weight excluding hydrogens is 495 g/mol. The van der Waals surface area contributed by atoms with Crippen LogP contribution in [0.25, 0.3) is 0 Å². The van der Waals surface area contributed by atoms with Crippen LogP contribution in [0.3, 0.4) is 0 Å². The predicted molar refractivity (Wildman–Crippen MR) is 145 cm³/mol. The maximum absolute atomic E-state index is 13.9. The van der Waals surface area contributed by atoms with Crippen molar-refractivity contribution in [3.63, 3.8) is 0 Å². The third kappa shape index (κ3) is 4.39. The van der Waals surface area contributed by atoms with Crippen LogP contribution in [0.15, 0.2) is 80.7 Å². The van der Waals surface area contributed by atoms with E-state index in [1.165, 1.54) is 9.50 Å². The second-order valence-corrected chi connectivity index (χ2v) is 21.2. The van der Waals surface area contributed by atoms with Crippen LogP contribution in [-0.4, -0.2) is 47.1 Å². The molecule has 2 aromatic carbocycles.